The van der Waals surface area contributed by atoms with Gasteiger partial charge in [0.25, 0.3) is 5.91 Å². The fourth-order valence-corrected chi connectivity index (χ4v) is 4.33. The van der Waals surface area contributed by atoms with E-state index in [1.54, 1.807) is 23.5 Å². The third-order valence-electron chi connectivity index (χ3n) is 6.14. The maximum Gasteiger partial charge on any atom is 0.253 e. The number of hydrogen-bond donors (Lipinski definition) is 1. The summed E-state index contributed by atoms with van der Waals surface area (Å²) in [6.45, 7) is 7.26. The molecule has 1 unspecified atom stereocenters. The van der Waals surface area contributed by atoms with E-state index in [1.165, 1.54) is 0 Å². The minimum atomic E-state index is -0.261. The van der Waals surface area contributed by atoms with E-state index in [0.717, 1.165) is 40.8 Å². The van der Waals surface area contributed by atoms with Gasteiger partial charge in [-0.05, 0) is 74.6 Å². The Kier molecular flexibility index (Phi) is 7.21. The number of piperidine rings is 1. The summed E-state index contributed by atoms with van der Waals surface area (Å²) in [4.78, 5) is 36.3. The van der Waals surface area contributed by atoms with Crippen LogP contribution in [0.25, 0.3) is 0 Å². The molecule has 0 aliphatic carbocycles. The molecule has 2 aromatic heterocycles. The summed E-state index contributed by atoms with van der Waals surface area (Å²) < 4.78 is 6.02. The Bertz CT molecular complexity index is 1160. The van der Waals surface area contributed by atoms with E-state index in [2.05, 4.69) is 15.3 Å². The van der Waals surface area contributed by atoms with Gasteiger partial charge in [-0.1, -0.05) is 12.1 Å². The molecule has 1 aliphatic heterocycles. The zero-order chi connectivity index (χ0) is 24.1. The lowest BCUT2D eigenvalue weighted by atomic mass is 9.96. The number of nitrogens with one attached hydrogen (secondary N) is 1. The number of likely N-dealkylation sites (tertiary alicyclic amines) is 1. The van der Waals surface area contributed by atoms with Gasteiger partial charge in [0, 0.05) is 42.8 Å². The number of carbonyl (C=O) groups excluding carboxylic acids is 2. The van der Waals surface area contributed by atoms with Crippen molar-refractivity contribution in [1.29, 1.82) is 0 Å². The van der Waals surface area contributed by atoms with Crippen LogP contribution in [0.2, 0.25) is 0 Å². The normalized spacial score (nSPS) is 15.6. The number of benzene rings is 1. The molecule has 1 atom stereocenters. The summed E-state index contributed by atoms with van der Waals surface area (Å²) in [6.07, 6.45) is 6.71. The summed E-state index contributed by atoms with van der Waals surface area (Å²) in [5.41, 5.74) is 4.33. The van der Waals surface area contributed by atoms with Gasteiger partial charge in [-0.3, -0.25) is 14.6 Å². The SMILES string of the molecule is Cc1cccnc1NC(=O)C1CCCN(C(=O)c2cc(C)c(OCc3cccnc3)c(C)c2)C1. The Labute approximate surface area is 200 Å². The summed E-state index contributed by atoms with van der Waals surface area (Å²) in [5, 5.41) is 2.92. The molecule has 4 rings (SSSR count). The van der Waals surface area contributed by atoms with Gasteiger partial charge >= 0.3 is 0 Å². The molecule has 2 amide bonds. The highest BCUT2D eigenvalue weighted by Crippen LogP contribution is 2.28. The Balaban J connectivity index is 1.42. The smallest absolute Gasteiger partial charge is 0.253 e. The second kappa shape index (κ2) is 10.5. The third kappa shape index (κ3) is 5.42. The molecule has 3 heterocycles. The van der Waals surface area contributed by atoms with Crippen molar-refractivity contribution < 1.29 is 14.3 Å². The van der Waals surface area contributed by atoms with Gasteiger partial charge in [-0.25, -0.2) is 4.98 Å². The van der Waals surface area contributed by atoms with Crippen molar-refractivity contribution in [2.45, 2.75) is 40.2 Å². The molecule has 176 valence electrons. The van der Waals surface area contributed by atoms with Crippen LogP contribution >= 0.6 is 0 Å². The van der Waals surface area contributed by atoms with E-state index >= 15 is 0 Å². The second-order valence-corrected chi connectivity index (χ2v) is 8.84. The maximum absolute atomic E-state index is 13.3. The van der Waals surface area contributed by atoms with Crippen molar-refractivity contribution in [3.63, 3.8) is 0 Å². The van der Waals surface area contributed by atoms with Crippen LogP contribution in [0, 0.1) is 26.7 Å². The van der Waals surface area contributed by atoms with Gasteiger partial charge in [0.1, 0.15) is 18.2 Å². The number of nitrogens with zero attached hydrogens (tertiary/aromatic N) is 3. The average molecular weight is 459 g/mol. The Hall–Kier alpha value is -3.74. The molecule has 1 saturated heterocycles. The number of carbonyl (C=O) groups is 2. The van der Waals surface area contributed by atoms with Crippen LogP contribution in [0.15, 0.2) is 55.0 Å². The summed E-state index contributed by atoms with van der Waals surface area (Å²) in [7, 11) is 0. The lowest BCUT2D eigenvalue weighted by Crippen LogP contribution is -2.44. The van der Waals surface area contributed by atoms with E-state index in [-0.39, 0.29) is 17.7 Å². The Morgan fingerprint density at radius 2 is 1.85 bits per heavy atom. The largest absolute Gasteiger partial charge is 0.488 e. The molecule has 0 bridgehead atoms. The van der Waals surface area contributed by atoms with Crippen molar-refractivity contribution in [1.82, 2.24) is 14.9 Å². The topological polar surface area (TPSA) is 84.4 Å². The first-order valence-corrected chi connectivity index (χ1v) is 11.6. The molecule has 0 radical (unpaired) electrons. The Morgan fingerprint density at radius 1 is 1.09 bits per heavy atom. The minimum Gasteiger partial charge on any atom is -0.488 e. The molecule has 1 aliphatic rings. The summed E-state index contributed by atoms with van der Waals surface area (Å²) in [5.74, 6) is 0.942. The van der Waals surface area contributed by atoms with Gasteiger partial charge < -0.3 is 15.0 Å². The second-order valence-electron chi connectivity index (χ2n) is 8.84. The predicted octanol–water partition coefficient (Wildman–Crippen LogP) is 4.47. The Morgan fingerprint density at radius 3 is 2.56 bits per heavy atom. The first-order valence-electron chi connectivity index (χ1n) is 11.6. The van der Waals surface area contributed by atoms with E-state index in [0.29, 0.717) is 31.1 Å². The van der Waals surface area contributed by atoms with Crippen LogP contribution in [-0.4, -0.2) is 39.8 Å². The van der Waals surface area contributed by atoms with Crippen molar-refractivity contribution in [2.75, 3.05) is 18.4 Å². The molecule has 7 heteroatoms. The van der Waals surface area contributed by atoms with Gasteiger partial charge in [0.05, 0.1) is 5.92 Å². The number of aryl methyl sites for hydroxylation is 3. The number of ether oxygens (including phenoxy) is 1. The molecule has 1 fully saturated rings. The molecule has 34 heavy (non-hydrogen) atoms. The van der Waals surface area contributed by atoms with Crippen molar-refractivity contribution >= 4 is 17.6 Å². The number of hydrogen-bond acceptors (Lipinski definition) is 5. The van der Waals surface area contributed by atoms with Crippen LogP contribution in [0.1, 0.15) is 45.5 Å². The molecular weight excluding hydrogens is 428 g/mol. The van der Waals surface area contributed by atoms with Crippen molar-refractivity contribution in [2.24, 2.45) is 5.92 Å². The van der Waals surface area contributed by atoms with E-state index in [4.69, 9.17) is 4.74 Å². The highest BCUT2D eigenvalue weighted by Gasteiger charge is 2.29. The molecule has 0 saturated carbocycles. The summed E-state index contributed by atoms with van der Waals surface area (Å²) >= 11 is 0. The molecule has 1 N–H and O–H groups in total. The van der Waals surface area contributed by atoms with Crippen LogP contribution < -0.4 is 10.1 Å². The first kappa shape index (κ1) is 23.4. The standard InChI is InChI=1S/C27H30N4O3/c1-18-7-4-11-29-25(18)30-26(32)22-9-6-12-31(16-22)27(33)23-13-19(2)24(20(3)14-23)34-17-21-8-5-10-28-15-21/h4-5,7-8,10-11,13-15,22H,6,9,12,16-17H2,1-3H3,(H,29,30,32). The lowest BCUT2D eigenvalue weighted by Gasteiger charge is -2.32. The van der Waals surface area contributed by atoms with Gasteiger partial charge in [-0.15, -0.1) is 0 Å². The molecule has 3 aromatic rings. The number of aromatic nitrogens is 2. The zero-order valence-corrected chi connectivity index (χ0v) is 19.9. The number of anilines is 1. The van der Waals surface area contributed by atoms with E-state index in [9.17, 15) is 9.59 Å². The molecule has 0 spiro atoms. The van der Waals surface area contributed by atoms with Crippen LogP contribution in [0.3, 0.4) is 0 Å². The molecule has 7 nitrogen and oxygen atoms in total. The number of amides is 2. The maximum atomic E-state index is 13.3. The number of rotatable bonds is 6. The fourth-order valence-electron chi connectivity index (χ4n) is 4.33. The molecule has 1 aromatic carbocycles. The van der Waals surface area contributed by atoms with E-state index < -0.39 is 0 Å². The van der Waals surface area contributed by atoms with Gasteiger partial charge in [-0.2, -0.15) is 0 Å². The quantitative estimate of drug-likeness (QED) is 0.589. The lowest BCUT2D eigenvalue weighted by molar-refractivity contribution is -0.121. The number of pyridine rings is 2. The zero-order valence-electron chi connectivity index (χ0n) is 19.9. The fraction of sp³-hybridized carbons (Fsp3) is 0.333. The van der Waals surface area contributed by atoms with Gasteiger partial charge in [0.2, 0.25) is 5.91 Å². The molecular formula is C27H30N4O3. The highest BCUT2D eigenvalue weighted by molar-refractivity contribution is 5.96. The predicted molar refractivity (Wildman–Crippen MR) is 131 cm³/mol. The monoisotopic (exact) mass is 458 g/mol. The average Bonchev–Trinajstić information content (AvgIpc) is 2.85. The van der Waals surface area contributed by atoms with E-state index in [1.807, 2.05) is 57.2 Å². The van der Waals surface area contributed by atoms with Crippen LogP contribution in [0.4, 0.5) is 5.82 Å². The third-order valence-corrected chi connectivity index (χ3v) is 6.14. The van der Waals surface area contributed by atoms with Crippen molar-refractivity contribution in [3.8, 4) is 5.75 Å². The van der Waals surface area contributed by atoms with Crippen LogP contribution in [-0.2, 0) is 11.4 Å². The first-order chi connectivity index (χ1) is 16.4. The van der Waals surface area contributed by atoms with Gasteiger partial charge in [0.15, 0.2) is 0 Å². The minimum absolute atomic E-state index is 0.0588. The van der Waals surface area contributed by atoms with Crippen LogP contribution in [0.5, 0.6) is 5.75 Å². The van der Waals surface area contributed by atoms with Crippen molar-refractivity contribution in [3.05, 3.63) is 82.8 Å². The summed E-state index contributed by atoms with van der Waals surface area (Å²) in [6, 6.07) is 11.3. The highest BCUT2D eigenvalue weighted by atomic mass is 16.5.